The SMILES string of the molecule is COc1ccc(CN(C(=O)COc2ccc([N+](=O)[O-])cc2)[C@@H]2CCS(=O)(=O)C2)cc1. The van der Waals surface area contributed by atoms with E-state index in [0.29, 0.717) is 17.9 Å². The molecule has 2 aromatic rings. The van der Waals surface area contributed by atoms with Crippen molar-refractivity contribution in [1.29, 1.82) is 0 Å². The van der Waals surface area contributed by atoms with Crippen molar-refractivity contribution in [3.63, 3.8) is 0 Å². The number of hydrogen-bond acceptors (Lipinski definition) is 7. The van der Waals surface area contributed by atoms with Gasteiger partial charge in [0.25, 0.3) is 11.6 Å². The minimum absolute atomic E-state index is 0.0489. The molecule has 3 rings (SSSR count). The van der Waals surface area contributed by atoms with Crippen molar-refractivity contribution in [1.82, 2.24) is 4.90 Å². The molecule has 1 fully saturated rings. The largest absolute Gasteiger partial charge is 0.497 e. The van der Waals surface area contributed by atoms with Crippen molar-refractivity contribution in [2.24, 2.45) is 0 Å². The third kappa shape index (κ3) is 5.47. The fourth-order valence-corrected chi connectivity index (χ4v) is 4.99. The summed E-state index contributed by atoms with van der Waals surface area (Å²) in [6, 6.07) is 12.2. The zero-order valence-corrected chi connectivity index (χ0v) is 17.2. The van der Waals surface area contributed by atoms with Crippen molar-refractivity contribution < 1.29 is 27.6 Å². The van der Waals surface area contributed by atoms with Gasteiger partial charge in [0.05, 0.1) is 23.5 Å². The van der Waals surface area contributed by atoms with E-state index in [4.69, 9.17) is 9.47 Å². The van der Waals surface area contributed by atoms with E-state index < -0.39 is 20.8 Å². The van der Waals surface area contributed by atoms with Gasteiger partial charge in [-0.05, 0) is 36.2 Å². The van der Waals surface area contributed by atoms with Crippen LogP contribution in [-0.2, 0) is 21.2 Å². The summed E-state index contributed by atoms with van der Waals surface area (Å²) < 4.78 is 34.5. The van der Waals surface area contributed by atoms with Crippen LogP contribution in [-0.4, -0.2) is 55.4 Å². The van der Waals surface area contributed by atoms with Crippen molar-refractivity contribution in [2.45, 2.75) is 19.0 Å². The number of benzene rings is 2. The van der Waals surface area contributed by atoms with Crippen LogP contribution in [0, 0.1) is 10.1 Å². The summed E-state index contributed by atoms with van der Waals surface area (Å²) in [5.41, 5.74) is 0.759. The summed E-state index contributed by atoms with van der Waals surface area (Å²) in [5.74, 6) is 0.616. The Bertz CT molecular complexity index is 1000. The van der Waals surface area contributed by atoms with Gasteiger partial charge >= 0.3 is 0 Å². The molecule has 9 nitrogen and oxygen atoms in total. The number of hydrogen-bond donors (Lipinski definition) is 0. The van der Waals surface area contributed by atoms with Gasteiger partial charge in [0.2, 0.25) is 0 Å². The predicted octanol–water partition coefficient (Wildman–Crippen LogP) is 2.20. The molecule has 0 aliphatic carbocycles. The fourth-order valence-electron chi connectivity index (χ4n) is 3.26. The maximum atomic E-state index is 12.9. The summed E-state index contributed by atoms with van der Waals surface area (Å²) in [6.45, 7) is -0.0584. The van der Waals surface area contributed by atoms with Gasteiger partial charge < -0.3 is 14.4 Å². The predicted molar refractivity (Wildman–Crippen MR) is 109 cm³/mol. The van der Waals surface area contributed by atoms with Crippen LogP contribution in [0.25, 0.3) is 0 Å². The molecule has 1 amide bonds. The Balaban J connectivity index is 1.71. The summed E-state index contributed by atoms with van der Waals surface area (Å²) in [6.07, 6.45) is 0.377. The van der Waals surface area contributed by atoms with E-state index in [1.165, 1.54) is 29.2 Å². The Morgan fingerprint density at radius 2 is 1.77 bits per heavy atom. The minimum Gasteiger partial charge on any atom is -0.497 e. The molecule has 0 unspecified atom stereocenters. The molecule has 0 radical (unpaired) electrons. The molecule has 0 N–H and O–H groups in total. The van der Waals surface area contributed by atoms with Gasteiger partial charge in [-0.3, -0.25) is 14.9 Å². The highest BCUT2D eigenvalue weighted by Gasteiger charge is 2.34. The van der Waals surface area contributed by atoms with Crippen LogP contribution in [0.15, 0.2) is 48.5 Å². The van der Waals surface area contributed by atoms with E-state index in [-0.39, 0.29) is 36.3 Å². The quantitative estimate of drug-likeness (QED) is 0.462. The molecule has 0 spiro atoms. The third-order valence-corrected chi connectivity index (χ3v) is 6.64. The smallest absolute Gasteiger partial charge is 0.269 e. The number of carbonyl (C=O) groups is 1. The number of ether oxygens (including phenoxy) is 2. The second-order valence-electron chi connectivity index (χ2n) is 6.97. The Morgan fingerprint density at radius 3 is 2.30 bits per heavy atom. The maximum Gasteiger partial charge on any atom is 0.269 e. The first-order valence-corrected chi connectivity index (χ1v) is 11.1. The van der Waals surface area contributed by atoms with Gasteiger partial charge in [0.1, 0.15) is 11.5 Å². The molecule has 0 bridgehead atoms. The normalized spacial score (nSPS) is 17.3. The third-order valence-electron chi connectivity index (χ3n) is 4.89. The van der Waals surface area contributed by atoms with Crippen LogP contribution < -0.4 is 9.47 Å². The summed E-state index contributed by atoms with van der Waals surface area (Å²) in [4.78, 5) is 24.6. The molecular weight excluding hydrogens is 412 g/mol. The van der Waals surface area contributed by atoms with E-state index in [9.17, 15) is 23.3 Å². The van der Waals surface area contributed by atoms with E-state index in [0.717, 1.165) is 5.56 Å². The van der Waals surface area contributed by atoms with Gasteiger partial charge in [0, 0.05) is 24.7 Å². The lowest BCUT2D eigenvalue weighted by molar-refractivity contribution is -0.384. The molecule has 30 heavy (non-hydrogen) atoms. The van der Waals surface area contributed by atoms with E-state index in [1.54, 1.807) is 19.2 Å². The highest BCUT2D eigenvalue weighted by Crippen LogP contribution is 2.22. The van der Waals surface area contributed by atoms with Crippen molar-refractivity contribution >= 4 is 21.4 Å². The Hall–Kier alpha value is -3.14. The molecule has 10 heteroatoms. The molecular formula is C20H22N2O7S. The van der Waals surface area contributed by atoms with Gasteiger partial charge in [-0.25, -0.2) is 8.42 Å². The highest BCUT2D eigenvalue weighted by molar-refractivity contribution is 7.91. The monoisotopic (exact) mass is 434 g/mol. The van der Waals surface area contributed by atoms with Crippen LogP contribution >= 0.6 is 0 Å². The average molecular weight is 434 g/mol. The highest BCUT2D eigenvalue weighted by atomic mass is 32.2. The van der Waals surface area contributed by atoms with Crippen molar-refractivity contribution in [3.8, 4) is 11.5 Å². The first-order valence-electron chi connectivity index (χ1n) is 9.27. The van der Waals surface area contributed by atoms with Crippen molar-refractivity contribution in [2.75, 3.05) is 25.2 Å². The molecule has 1 atom stereocenters. The van der Waals surface area contributed by atoms with E-state index in [1.807, 2.05) is 12.1 Å². The molecule has 1 saturated heterocycles. The molecule has 160 valence electrons. The molecule has 0 saturated carbocycles. The number of methoxy groups -OCH3 is 1. The number of rotatable bonds is 8. The summed E-state index contributed by atoms with van der Waals surface area (Å²) in [7, 11) is -1.62. The number of carbonyl (C=O) groups excluding carboxylic acids is 1. The van der Waals surface area contributed by atoms with Gasteiger partial charge in [-0.2, -0.15) is 0 Å². The van der Waals surface area contributed by atoms with Crippen LogP contribution in [0.1, 0.15) is 12.0 Å². The van der Waals surface area contributed by atoms with Crippen LogP contribution in [0.5, 0.6) is 11.5 Å². The van der Waals surface area contributed by atoms with Gasteiger partial charge in [0.15, 0.2) is 16.4 Å². The van der Waals surface area contributed by atoms with E-state index >= 15 is 0 Å². The van der Waals surface area contributed by atoms with Crippen LogP contribution in [0.2, 0.25) is 0 Å². The Labute approximate surface area is 174 Å². The number of sulfone groups is 1. The maximum absolute atomic E-state index is 12.9. The number of nitro groups is 1. The fraction of sp³-hybridized carbons (Fsp3) is 0.350. The van der Waals surface area contributed by atoms with Gasteiger partial charge in [-0.15, -0.1) is 0 Å². The Kier molecular flexibility index (Phi) is 6.56. The lowest BCUT2D eigenvalue weighted by Crippen LogP contribution is -2.43. The number of nitro benzene ring substituents is 1. The molecule has 1 aliphatic heterocycles. The lowest BCUT2D eigenvalue weighted by atomic mass is 10.1. The second kappa shape index (κ2) is 9.12. The molecule has 0 aromatic heterocycles. The number of nitrogens with zero attached hydrogens (tertiary/aromatic N) is 2. The van der Waals surface area contributed by atoms with Gasteiger partial charge in [-0.1, -0.05) is 12.1 Å². The van der Waals surface area contributed by atoms with Crippen molar-refractivity contribution in [3.05, 3.63) is 64.2 Å². The minimum atomic E-state index is -3.18. The summed E-state index contributed by atoms with van der Waals surface area (Å²) >= 11 is 0. The topological polar surface area (TPSA) is 116 Å². The van der Waals surface area contributed by atoms with Crippen LogP contribution in [0.4, 0.5) is 5.69 Å². The summed E-state index contributed by atoms with van der Waals surface area (Å²) in [5, 5.41) is 10.7. The second-order valence-corrected chi connectivity index (χ2v) is 9.19. The molecule has 1 heterocycles. The lowest BCUT2D eigenvalue weighted by Gasteiger charge is -2.28. The zero-order chi connectivity index (χ0) is 21.7. The molecule has 2 aromatic carbocycles. The zero-order valence-electron chi connectivity index (χ0n) is 16.4. The standard InChI is InChI=1S/C20H22N2O7S/c1-28-18-6-2-15(3-7-18)12-21(17-10-11-30(26,27)14-17)20(23)13-29-19-8-4-16(5-9-19)22(24)25/h2-9,17H,10-14H2,1H3/t17-/m1/s1. The number of non-ortho nitro benzene ring substituents is 1. The Morgan fingerprint density at radius 1 is 1.13 bits per heavy atom. The number of amides is 1. The van der Waals surface area contributed by atoms with E-state index in [2.05, 4.69) is 0 Å². The van der Waals surface area contributed by atoms with Crippen LogP contribution in [0.3, 0.4) is 0 Å². The first-order chi connectivity index (χ1) is 14.3. The first kappa shape index (κ1) is 21.6. The average Bonchev–Trinajstić information content (AvgIpc) is 3.10. The molecule has 1 aliphatic rings.